The number of rotatable bonds is 3. The van der Waals surface area contributed by atoms with Crippen LogP contribution in [-0.4, -0.2) is 21.8 Å². The van der Waals surface area contributed by atoms with E-state index in [9.17, 15) is 9.59 Å². The number of hydrogen-bond acceptors (Lipinski definition) is 4. The zero-order valence-electron chi connectivity index (χ0n) is 15.1. The highest BCUT2D eigenvalue weighted by Crippen LogP contribution is 2.36. The van der Waals surface area contributed by atoms with Crippen LogP contribution in [0.25, 0.3) is 11.4 Å². The first-order valence-corrected chi connectivity index (χ1v) is 8.61. The minimum absolute atomic E-state index is 0.0513. The zero-order valence-corrected chi connectivity index (χ0v) is 15.1. The van der Waals surface area contributed by atoms with E-state index in [4.69, 9.17) is 5.73 Å². The number of carbonyl (C=O) groups is 2. The molecule has 2 aromatic carbocycles. The Balaban J connectivity index is 1.93. The van der Waals surface area contributed by atoms with E-state index < -0.39 is 5.91 Å². The average molecular weight is 358 g/mol. The van der Waals surface area contributed by atoms with Gasteiger partial charge in [0.2, 0.25) is 5.91 Å². The highest BCUT2D eigenvalue weighted by molar-refractivity contribution is 6.09. The second kappa shape index (κ2) is 6.32. The number of anilines is 2. The fraction of sp³-hybridized carbons (Fsp3) is 0.143. The lowest BCUT2D eigenvalue weighted by molar-refractivity contribution is -0.116. The number of aromatic nitrogens is 2. The molecule has 6 nitrogen and oxygen atoms in total. The van der Waals surface area contributed by atoms with Gasteiger partial charge >= 0.3 is 0 Å². The number of hydrogen-bond donors (Lipinski definition) is 1. The number of primary amides is 1. The molecule has 2 N–H and O–H groups in total. The van der Waals surface area contributed by atoms with Crippen LogP contribution in [0.4, 0.5) is 11.5 Å². The van der Waals surface area contributed by atoms with Crippen molar-refractivity contribution in [1.29, 1.82) is 0 Å². The number of nitrogens with zero attached hydrogens (tertiary/aromatic N) is 3. The third-order valence-electron chi connectivity index (χ3n) is 4.58. The van der Waals surface area contributed by atoms with Gasteiger partial charge in [-0.1, -0.05) is 42.0 Å². The maximum Gasteiger partial charge on any atom is 0.267 e. The second-order valence-corrected chi connectivity index (χ2v) is 6.67. The summed E-state index contributed by atoms with van der Waals surface area (Å²) in [5, 5.41) is 0. The Morgan fingerprint density at radius 1 is 1.04 bits per heavy atom. The predicted octanol–water partition coefficient (Wildman–Crippen LogP) is 3.08. The lowest BCUT2D eigenvalue weighted by atomic mass is 10.1. The van der Waals surface area contributed by atoms with Gasteiger partial charge in [0.25, 0.3) is 5.91 Å². The molecule has 0 bridgehead atoms. The summed E-state index contributed by atoms with van der Waals surface area (Å²) >= 11 is 0. The van der Waals surface area contributed by atoms with Crippen molar-refractivity contribution < 1.29 is 9.59 Å². The molecule has 134 valence electrons. The normalized spacial score (nSPS) is 13.0. The molecule has 6 heteroatoms. The van der Waals surface area contributed by atoms with Gasteiger partial charge in [-0.3, -0.25) is 14.5 Å². The van der Waals surface area contributed by atoms with E-state index in [1.807, 2.05) is 62.4 Å². The van der Waals surface area contributed by atoms with E-state index in [2.05, 4.69) is 9.97 Å². The van der Waals surface area contributed by atoms with Gasteiger partial charge in [-0.15, -0.1) is 0 Å². The minimum atomic E-state index is -0.666. The number of benzene rings is 2. The van der Waals surface area contributed by atoms with Crippen LogP contribution in [0.5, 0.6) is 0 Å². The van der Waals surface area contributed by atoms with Crippen LogP contribution < -0.4 is 10.6 Å². The number of amides is 2. The number of nitrogens with two attached hydrogens (primary N) is 1. The minimum Gasteiger partial charge on any atom is -0.364 e. The Morgan fingerprint density at radius 2 is 1.78 bits per heavy atom. The number of aryl methyl sites for hydroxylation is 2. The fourth-order valence-corrected chi connectivity index (χ4v) is 3.24. The fourth-order valence-electron chi connectivity index (χ4n) is 3.24. The first kappa shape index (κ1) is 16.9. The average Bonchev–Trinajstić information content (AvgIpc) is 2.97. The first-order chi connectivity index (χ1) is 12.9. The van der Waals surface area contributed by atoms with E-state index in [0.29, 0.717) is 22.9 Å². The molecule has 1 aliphatic rings. The molecule has 0 saturated carbocycles. The molecule has 1 aromatic heterocycles. The summed E-state index contributed by atoms with van der Waals surface area (Å²) in [7, 11) is 0. The van der Waals surface area contributed by atoms with Crippen LogP contribution in [-0.2, 0) is 11.2 Å². The summed E-state index contributed by atoms with van der Waals surface area (Å²) in [4.78, 5) is 35.2. The Kier molecular flexibility index (Phi) is 3.96. The molecule has 0 radical (unpaired) electrons. The van der Waals surface area contributed by atoms with E-state index in [-0.39, 0.29) is 18.0 Å². The standard InChI is InChI=1S/C21H18N4O2/c1-12-6-8-14(9-7-12)20-23-18(19(22)27)16-11-17(26)25(21(16)24-20)15-5-3-4-13(2)10-15/h3-10H,11H2,1-2H3,(H2,22,27). The molecule has 0 saturated heterocycles. The third-order valence-corrected chi connectivity index (χ3v) is 4.58. The molecule has 3 aromatic rings. The maximum atomic E-state index is 12.7. The van der Waals surface area contributed by atoms with E-state index in [0.717, 1.165) is 16.7 Å². The molecule has 1 aliphatic heterocycles. The molecule has 0 spiro atoms. The Bertz CT molecular complexity index is 1070. The molecule has 2 heterocycles. The van der Waals surface area contributed by atoms with Crippen molar-refractivity contribution in [1.82, 2.24) is 9.97 Å². The summed E-state index contributed by atoms with van der Waals surface area (Å²) in [6.45, 7) is 3.94. The van der Waals surface area contributed by atoms with Crippen LogP contribution in [0.1, 0.15) is 27.2 Å². The summed E-state index contributed by atoms with van der Waals surface area (Å²) in [5.41, 5.74) is 9.72. The van der Waals surface area contributed by atoms with Gasteiger partial charge in [0.1, 0.15) is 11.5 Å². The molecule has 4 rings (SSSR count). The van der Waals surface area contributed by atoms with Gasteiger partial charge in [-0.05, 0) is 31.5 Å². The van der Waals surface area contributed by atoms with Crippen LogP contribution in [0.15, 0.2) is 48.5 Å². The lowest BCUT2D eigenvalue weighted by Crippen LogP contribution is -2.21. The first-order valence-electron chi connectivity index (χ1n) is 8.61. The number of carbonyl (C=O) groups excluding carboxylic acids is 2. The quantitative estimate of drug-likeness (QED) is 0.779. The zero-order chi connectivity index (χ0) is 19.1. The predicted molar refractivity (Wildman–Crippen MR) is 103 cm³/mol. The Hall–Kier alpha value is -3.54. The van der Waals surface area contributed by atoms with Crippen LogP contribution >= 0.6 is 0 Å². The van der Waals surface area contributed by atoms with E-state index >= 15 is 0 Å². The number of fused-ring (bicyclic) bond motifs is 1. The summed E-state index contributed by atoms with van der Waals surface area (Å²) in [6, 6.07) is 15.2. The van der Waals surface area contributed by atoms with Crippen LogP contribution in [0.2, 0.25) is 0 Å². The topological polar surface area (TPSA) is 89.2 Å². The van der Waals surface area contributed by atoms with Gasteiger partial charge in [0, 0.05) is 11.1 Å². The van der Waals surface area contributed by atoms with Crippen LogP contribution in [0, 0.1) is 13.8 Å². The summed E-state index contributed by atoms with van der Waals surface area (Å²) in [5.74, 6) is -0.0331. The molecule has 2 amide bonds. The summed E-state index contributed by atoms with van der Waals surface area (Å²) in [6.07, 6.45) is 0.0513. The Labute approximate surface area is 156 Å². The van der Waals surface area contributed by atoms with Crippen molar-refractivity contribution in [3.8, 4) is 11.4 Å². The van der Waals surface area contributed by atoms with Crippen molar-refractivity contribution in [3.63, 3.8) is 0 Å². The van der Waals surface area contributed by atoms with Crippen molar-refractivity contribution in [3.05, 3.63) is 70.9 Å². The third kappa shape index (κ3) is 2.95. The van der Waals surface area contributed by atoms with Gasteiger partial charge in [0.15, 0.2) is 5.82 Å². The van der Waals surface area contributed by atoms with Crippen LogP contribution in [0.3, 0.4) is 0 Å². The van der Waals surface area contributed by atoms with E-state index in [1.54, 1.807) is 0 Å². The monoisotopic (exact) mass is 358 g/mol. The van der Waals surface area contributed by atoms with Crippen molar-refractivity contribution in [2.75, 3.05) is 4.90 Å². The second-order valence-electron chi connectivity index (χ2n) is 6.67. The van der Waals surface area contributed by atoms with Gasteiger partial charge in [0.05, 0.1) is 12.1 Å². The van der Waals surface area contributed by atoms with Gasteiger partial charge < -0.3 is 5.73 Å². The smallest absolute Gasteiger partial charge is 0.267 e. The molecule has 0 fully saturated rings. The maximum absolute atomic E-state index is 12.7. The van der Waals surface area contributed by atoms with Crippen molar-refractivity contribution >= 4 is 23.3 Å². The van der Waals surface area contributed by atoms with Crippen molar-refractivity contribution in [2.24, 2.45) is 5.73 Å². The SMILES string of the molecule is Cc1ccc(-c2nc(C(N)=O)c3c(n2)N(c2cccc(C)c2)C(=O)C3)cc1. The molecule has 0 unspecified atom stereocenters. The largest absolute Gasteiger partial charge is 0.364 e. The van der Waals surface area contributed by atoms with E-state index in [1.165, 1.54) is 4.90 Å². The van der Waals surface area contributed by atoms with Gasteiger partial charge in [-0.2, -0.15) is 0 Å². The lowest BCUT2D eigenvalue weighted by Gasteiger charge is -2.18. The molecule has 0 atom stereocenters. The summed E-state index contributed by atoms with van der Waals surface area (Å²) < 4.78 is 0. The molecule has 0 aliphatic carbocycles. The Morgan fingerprint density at radius 3 is 2.44 bits per heavy atom. The molecule has 27 heavy (non-hydrogen) atoms. The van der Waals surface area contributed by atoms with Gasteiger partial charge in [-0.25, -0.2) is 9.97 Å². The molecular weight excluding hydrogens is 340 g/mol. The molecular formula is C21H18N4O2. The highest BCUT2D eigenvalue weighted by atomic mass is 16.2. The highest BCUT2D eigenvalue weighted by Gasteiger charge is 2.35. The van der Waals surface area contributed by atoms with Crippen molar-refractivity contribution in [2.45, 2.75) is 20.3 Å².